The Labute approximate surface area is 213 Å². The Morgan fingerprint density at radius 2 is 1.78 bits per heavy atom. The SMILES string of the molecule is O=C(C[C@H]1C[C@@H]2c3cc(NC(=O)Nc4ccccc4)ccc3O[C@@H]2[C@H](CO)O1)NCc1cccc(F)c1. The van der Waals surface area contributed by atoms with E-state index in [1.54, 1.807) is 36.4 Å². The van der Waals surface area contributed by atoms with E-state index in [1.807, 2.05) is 24.3 Å². The van der Waals surface area contributed by atoms with Crippen molar-refractivity contribution in [1.82, 2.24) is 5.32 Å². The molecular weight excluding hydrogens is 477 g/mol. The van der Waals surface area contributed by atoms with E-state index < -0.39 is 12.2 Å². The molecule has 0 bridgehead atoms. The zero-order valence-electron chi connectivity index (χ0n) is 20.0. The van der Waals surface area contributed by atoms with Gasteiger partial charge in [-0.3, -0.25) is 4.79 Å². The number of fused-ring (bicyclic) bond motifs is 3. The van der Waals surface area contributed by atoms with Crippen LogP contribution in [0.4, 0.5) is 20.6 Å². The molecule has 2 aliphatic heterocycles. The number of para-hydroxylation sites is 1. The number of halogens is 1. The van der Waals surface area contributed by atoms with Crippen molar-refractivity contribution in [2.24, 2.45) is 0 Å². The predicted molar refractivity (Wildman–Crippen MR) is 136 cm³/mol. The van der Waals surface area contributed by atoms with Gasteiger partial charge in [-0.25, -0.2) is 9.18 Å². The van der Waals surface area contributed by atoms with Gasteiger partial charge >= 0.3 is 6.03 Å². The number of nitrogens with one attached hydrogen (secondary N) is 3. The molecule has 1 fully saturated rings. The molecule has 0 unspecified atom stereocenters. The average molecular weight is 506 g/mol. The number of carbonyl (C=O) groups excluding carboxylic acids is 2. The number of hydrogen-bond donors (Lipinski definition) is 4. The number of aliphatic hydroxyl groups is 1. The van der Waals surface area contributed by atoms with Crippen LogP contribution in [-0.2, 0) is 16.1 Å². The van der Waals surface area contributed by atoms with E-state index in [0.717, 1.165) is 5.56 Å². The van der Waals surface area contributed by atoms with Gasteiger partial charge in [-0.2, -0.15) is 0 Å². The number of amides is 3. The summed E-state index contributed by atoms with van der Waals surface area (Å²) in [6.07, 6.45) is -0.799. The standard InChI is InChI=1S/C28H28FN3O5/c29-18-6-4-5-17(11-18)15-30-26(34)14-21-13-23-22-12-20(32-28(35)31-19-7-2-1-3-8-19)9-10-24(22)37-27(23)25(16-33)36-21/h1-12,21,23,25,27,33H,13-16H2,(H,30,34)(H2,31,32,35)/t21-,23-,25+,27+/m1/s1. The molecule has 37 heavy (non-hydrogen) atoms. The van der Waals surface area contributed by atoms with Crippen LogP contribution in [0.5, 0.6) is 5.75 Å². The molecule has 5 rings (SSSR count). The van der Waals surface area contributed by atoms with Crippen molar-refractivity contribution in [2.75, 3.05) is 17.2 Å². The maximum Gasteiger partial charge on any atom is 0.323 e. The number of carbonyl (C=O) groups is 2. The maximum atomic E-state index is 13.4. The van der Waals surface area contributed by atoms with Crippen LogP contribution in [0.1, 0.15) is 29.9 Å². The monoisotopic (exact) mass is 505 g/mol. The zero-order valence-corrected chi connectivity index (χ0v) is 20.0. The molecule has 0 aliphatic carbocycles. The first kappa shape index (κ1) is 24.7. The Balaban J connectivity index is 1.23. The summed E-state index contributed by atoms with van der Waals surface area (Å²) in [5, 5.41) is 18.4. The van der Waals surface area contributed by atoms with Gasteiger partial charge in [0.2, 0.25) is 5.91 Å². The molecule has 2 heterocycles. The molecule has 1 saturated heterocycles. The van der Waals surface area contributed by atoms with E-state index in [2.05, 4.69) is 16.0 Å². The summed E-state index contributed by atoms with van der Waals surface area (Å²) in [6.45, 7) is -0.0357. The highest BCUT2D eigenvalue weighted by Crippen LogP contribution is 2.47. The first-order valence-corrected chi connectivity index (χ1v) is 12.2. The topological polar surface area (TPSA) is 109 Å². The fourth-order valence-electron chi connectivity index (χ4n) is 4.91. The van der Waals surface area contributed by atoms with Crippen molar-refractivity contribution in [2.45, 2.75) is 43.6 Å². The molecule has 192 valence electrons. The van der Waals surface area contributed by atoms with Gasteiger partial charge in [-0.1, -0.05) is 30.3 Å². The van der Waals surface area contributed by atoms with Gasteiger partial charge in [0.05, 0.1) is 19.1 Å². The molecule has 0 radical (unpaired) electrons. The number of anilines is 2. The van der Waals surface area contributed by atoms with Crippen molar-refractivity contribution in [3.8, 4) is 5.75 Å². The minimum atomic E-state index is -0.593. The lowest BCUT2D eigenvalue weighted by molar-refractivity contribution is -0.142. The van der Waals surface area contributed by atoms with Crippen LogP contribution in [0.25, 0.3) is 0 Å². The van der Waals surface area contributed by atoms with Crippen LogP contribution in [0.15, 0.2) is 72.8 Å². The number of benzene rings is 3. The largest absolute Gasteiger partial charge is 0.487 e. The Morgan fingerprint density at radius 3 is 2.57 bits per heavy atom. The van der Waals surface area contributed by atoms with Gasteiger partial charge in [0.25, 0.3) is 0 Å². The number of hydrogen-bond acceptors (Lipinski definition) is 5. The Morgan fingerprint density at radius 1 is 0.973 bits per heavy atom. The minimum Gasteiger partial charge on any atom is -0.487 e. The molecule has 0 aromatic heterocycles. The summed E-state index contributed by atoms with van der Waals surface area (Å²) in [7, 11) is 0. The first-order valence-electron chi connectivity index (χ1n) is 12.2. The summed E-state index contributed by atoms with van der Waals surface area (Å²) in [5.74, 6) is -0.0230. The van der Waals surface area contributed by atoms with Crippen molar-refractivity contribution in [1.29, 1.82) is 0 Å². The van der Waals surface area contributed by atoms with E-state index in [0.29, 0.717) is 29.1 Å². The van der Waals surface area contributed by atoms with Gasteiger partial charge in [0.1, 0.15) is 23.8 Å². The first-order chi connectivity index (χ1) is 18.0. The summed E-state index contributed by atoms with van der Waals surface area (Å²) in [5.41, 5.74) is 2.85. The quantitative estimate of drug-likeness (QED) is 0.386. The van der Waals surface area contributed by atoms with Crippen molar-refractivity contribution >= 4 is 23.3 Å². The minimum absolute atomic E-state index is 0.0990. The lowest BCUT2D eigenvalue weighted by atomic mass is 9.84. The highest BCUT2D eigenvalue weighted by molar-refractivity contribution is 5.99. The average Bonchev–Trinajstić information content (AvgIpc) is 3.25. The molecule has 0 saturated carbocycles. The van der Waals surface area contributed by atoms with Crippen LogP contribution in [0, 0.1) is 5.82 Å². The summed E-state index contributed by atoms with van der Waals surface area (Å²) >= 11 is 0. The number of rotatable bonds is 7. The van der Waals surface area contributed by atoms with Crippen LogP contribution >= 0.6 is 0 Å². The predicted octanol–water partition coefficient (Wildman–Crippen LogP) is 4.17. The third-order valence-electron chi connectivity index (χ3n) is 6.58. The van der Waals surface area contributed by atoms with Crippen molar-refractivity contribution < 1.29 is 28.6 Å². The van der Waals surface area contributed by atoms with Gasteiger partial charge in [0.15, 0.2) is 0 Å². The van der Waals surface area contributed by atoms with Crippen molar-refractivity contribution in [3.05, 3.63) is 89.7 Å². The maximum absolute atomic E-state index is 13.4. The molecule has 2 aliphatic rings. The van der Waals surface area contributed by atoms with E-state index in [1.165, 1.54) is 12.1 Å². The Kier molecular flexibility index (Phi) is 7.34. The fourth-order valence-corrected chi connectivity index (χ4v) is 4.91. The molecule has 4 atom stereocenters. The second-order valence-corrected chi connectivity index (χ2v) is 9.21. The van der Waals surface area contributed by atoms with Gasteiger partial charge in [-0.05, 0) is 54.4 Å². The fraction of sp³-hybridized carbons (Fsp3) is 0.286. The lowest BCUT2D eigenvalue weighted by Crippen LogP contribution is -2.47. The third-order valence-corrected chi connectivity index (χ3v) is 6.58. The highest BCUT2D eigenvalue weighted by atomic mass is 19.1. The second kappa shape index (κ2) is 11.0. The molecule has 3 aromatic rings. The van der Waals surface area contributed by atoms with E-state index in [9.17, 15) is 19.1 Å². The number of ether oxygens (including phenoxy) is 2. The summed E-state index contributed by atoms with van der Waals surface area (Å²) in [6, 6.07) is 20.3. The Bertz CT molecular complexity index is 1270. The molecule has 9 heteroatoms. The van der Waals surface area contributed by atoms with Crippen LogP contribution in [0.3, 0.4) is 0 Å². The number of aliphatic hydroxyl groups excluding tert-OH is 1. The second-order valence-electron chi connectivity index (χ2n) is 9.21. The number of urea groups is 1. The lowest BCUT2D eigenvalue weighted by Gasteiger charge is -2.37. The molecule has 0 spiro atoms. The smallest absolute Gasteiger partial charge is 0.323 e. The molecule has 3 aromatic carbocycles. The molecule has 8 nitrogen and oxygen atoms in total. The molecular formula is C28H28FN3O5. The molecule has 4 N–H and O–H groups in total. The van der Waals surface area contributed by atoms with Crippen LogP contribution in [-0.4, -0.2) is 42.0 Å². The summed E-state index contributed by atoms with van der Waals surface area (Å²) in [4.78, 5) is 25.0. The highest BCUT2D eigenvalue weighted by Gasteiger charge is 2.46. The van der Waals surface area contributed by atoms with Gasteiger partial charge in [0, 0.05) is 29.4 Å². The van der Waals surface area contributed by atoms with E-state index in [-0.39, 0.29) is 49.3 Å². The zero-order chi connectivity index (χ0) is 25.8. The van der Waals surface area contributed by atoms with Crippen LogP contribution < -0.4 is 20.7 Å². The van der Waals surface area contributed by atoms with E-state index >= 15 is 0 Å². The van der Waals surface area contributed by atoms with Gasteiger partial charge in [-0.15, -0.1) is 0 Å². The van der Waals surface area contributed by atoms with E-state index in [4.69, 9.17) is 9.47 Å². The normalized spacial score (nSPS) is 21.8. The summed E-state index contributed by atoms with van der Waals surface area (Å²) < 4.78 is 25.5. The van der Waals surface area contributed by atoms with Crippen LogP contribution in [0.2, 0.25) is 0 Å². The third kappa shape index (κ3) is 5.90. The van der Waals surface area contributed by atoms with Gasteiger partial charge < -0.3 is 30.5 Å². The molecule has 3 amide bonds. The van der Waals surface area contributed by atoms with Crippen molar-refractivity contribution in [3.63, 3.8) is 0 Å². The Hall–Kier alpha value is -3.95.